The van der Waals surface area contributed by atoms with E-state index in [2.05, 4.69) is 31.3 Å². The van der Waals surface area contributed by atoms with Crippen molar-refractivity contribution in [2.24, 2.45) is 23.7 Å². The Morgan fingerprint density at radius 1 is 1.08 bits per heavy atom. The molecule has 1 atom stereocenters. The van der Waals surface area contributed by atoms with Crippen LogP contribution in [0, 0.1) is 23.7 Å². The summed E-state index contributed by atoms with van der Waals surface area (Å²) in [6.45, 7) is 4.56. The molecule has 136 valence electrons. The van der Waals surface area contributed by atoms with Gasteiger partial charge in [-0.05, 0) is 85.8 Å². The topological polar surface area (TPSA) is 38.3 Å². The summed E-state index contributed by atoms with van der Waals surface area (Å²) in [6, 6.07) is 8.59. The average Bonchev–Trinajstić information content (AvgIpc) is 2.62. The molecule has 0 radical (unpaired) electrons. The van der Waals surface area contributed by atoms with E-state index in [-0.39, 0.29) is 12.5 Å². The third-order valence-corrected chi connectivity index (χ3v) is 6.99. The minimum absolute atomic E-state index is 0.0449. The second-order valence-electron chi connectivity index (χ2n) is 8.69. The van der Waals surface area contributed by atoms with Crippen molar-refractivity contribution in [3.63, 3.8) is 0 Å². The molecule has 1 unspecified atom stereocenters. The van der Waals surface area contributed by atoms with E-state index in [1.54, 1.807) is 0 Å². The lowest BCUT2D eigenvalue weighted by Gasteiger charge is -2.54. The van der Waals surface area contributed by atoms with Crippen LogP contribution < -0.4 is 10.1 Å². The maximum atomic E-state index is 12.4. The Hall–Kier alpha value is -1.51. The summed E-state index contributed by atoms with van der Waals surface area (Å²) in [6.07, 6.45) is 7.90. The van der Waals surface area contributed by atoms with Crippen molar-refractivity contribution in [3.05, 3.63) is 29.8 Å². The molecule has 3 nitrogen and oxygen atoms in total. The summed E-state index contributed by atoms with van der Waals surface area (Å²) in [5.74, 6) is 4.71. The molecule has 1 aromatic rings. The molecule has 4 fully saturated rings. The number of rotatable bonds is 6. The Kier molecular flexibility index (Phi) is 4.75. The molecule has 0 aromatic heterocycles. The zero-order valence-electron chi connectivity index (χ0n) is 15.5. The van der Waals surface area contributed by atoms with E-state index >= 15 is 0 Å². The Balaban J connectivity index is 1.28. The maximum absolute atomic E-state index is 12.4. The van der Waals surface area contributed by atoms with E-state index in [1.165, 1.54) is 37.7 Å². The van der Waals surface area contributed by atoms with Crippen LogP contribution in [-0.4, -0.2) is 18.6 Å². The molecule has 4 aliphatic carbocycles. The number of benzene rings is 1. The van der Waals surface area contributed by atoms with Gasteiger partial charge in [0.2, 0.25) is 0 Å². The fraction of sp³-hybridized carbons (Fsp3) is 0.682. The summed E-state index contributed by atoms with van der Waals surface area (Å²) < 4.78 is 5.72. The van der Waals surface area contributed by atoms with E-state index in [0.717, 1.165) is 35.8 Å². The molecule has 5 rings (SSSR count). The van der Waals surface area contributed by atoms with Crippen LogP contribution in [0.2, 0.25) is 0 Å². The van der Waals surface area contributed by atoms with Crippen LogP contribution in [0.4, 0.5) is 0 Å². The summed E-state index contributed by atoms with van der Waals surface area (Å²) in [7, 11) is 0. The number of ether oxygens (including phenoxy) is 1. The Labute approximate surface area is 151 Å². The Morgan fingerprint density at radius 2 is 1.68 bits per heavy atom. The van der Waals surface area contributed by atoms with Crippen LogP contribution in [0.1, 0.15) is 63.9 Å². The highest BCUT2D eigenvalue weighted by Crippen LogP contribution is 2.53. The van der Waals surface area contributed by atoms with Crippen molar-refractivity contribution in [2.75, 3.05) is 6.61 Å². The number of nitrogens with one attached hydrogen (secondary N) is 1. The predicted molar refractivity (Wildman–Crippen MR) is 99.6 cm³/mol. The highest BCUT2D eigenvalue weighted by molar-refractivity contribution is 5.78. The molecule has 25 heavy (non-hydrogen) atoms. The first-order valence-electron chi connectivity index (χ1n) is 10.1. The van der Waals surface area contributed by atoms with Gasteiger partial charge in [0.05, 0.1) is 0 Å². The normalized spacial score (nSPS) is 33.9. The minimum atomic E-state index is 0.0449. The van der Waals surface area contributed by atoms with Crippen molar-refractivity contribution >= 4 is 5.91 Å². The summed E-state index contributed by atoms with van der Waals surface area (Å²) in [4.78, 5) is 12.4. The van der Waals surface area contributed by atoms with Gasteiger partial charge in [-0.1, -0.05) is 26.0 Å². The third-order valence-electron chi connectivity index (χ3n) is 6.99. The molecule has 0 heterocycles. The predicted octanol–water partition coefficient (Wildman–Crippen LogP) is 4.52. The average molecular weight is 341 g/mol. The van der Waals surface area contributed by atoms with Gasteiger partial charge in [-0.3, -0.25) is 4.79 Å². The number of hydrogen-bond donors (Lipinski definition) is 1. The van der Waals surface area contributed by atoms with Gasteiger partial charge in [-0.15, -0.1) is 0 Å². The zero-order chi connectivity index (χ0) is 17.4. The van der Waals surface area contributed by atoms with Crippen LogP contribution in [0.15, 0.2) is 24.3 Å². The van der Waals surface area contributed by atoms with Gasteiger partial charge in [-0.25, -0.2) is 0 Å². The monoisotopic (exact) mass is 341 g/mol. The quantitative estimate of drug-likeness (QED) is 0.826. The first-order chi connectivity index (χ1) is 12.1. The van der Waals surface area contributed by atoms with Gasteiger partial charge in [-0.2, -0.15) is 0 Å². The minimum Gasteiger partial charge on any atom is -0.484 e. The van der Waals surface area contributed by atoms with Crippen LogP contribution in [0.5, 0.6) is 5.75 Å². The number of carbonyl (C=O) groups is 1. The summed E-state index contributed by atoms with van der Waals surface area (Å²) in [5, 5.41) is 3.31. The van der Waals surface area contributed by atoms with Gasteiger partial charge in [0.1, 0.15) is 5.75 Å². The second-order valence-corrected chi connectivity index (χ2v) is 8.69. The molecule has 4 aliphatic rings. The van der Waals surface area contributed by atoms with E-state index in [4.69, 9.17) is 4.74 Å². The van der Waals surface area contributed by atoms with E-state index in [9.17, 15) is 4.79 Å². The van der Waals surface area contributed by atoms with Gasteiger partial charge >= 0.3 is 0 Å². The van der Waals surface area contributed by atoms with Gasteiger partial charge in [0, 0.05) is 6.04 Å². The molecular formula is C22H31NO2. The van der Waals surface area contributed by atoms with Gasteiger partial charge in [0.15, 0.2) is 6.61 Å². The van der Waals surface area contributed by atoms with Crippen LogP contribution in [-0.2, 0) is 4.79 Å². The lowest BCUT2D eigenvalue weighted by Crippen LogP contribution is -2.56. The van der Waals surface area contributed by atoms with Gasteiger partial charge < -0.3 is 10.1 Å². The zero-order valence-corrected chi connectivity index (χ0v) is 15.5. The largest absolute Gasteiger partial charge is 0.484 e. The van der Waals surface area contributed by atoms with E-state index in [0.29, 0.717) is 12.0 Å². The highest BCUT2D eigenvalue weighted by Gasteiger charge is 2.48. The number of amides is 1. The number of hydrogen-bond acceptors (Lipinski definition) is 2. The van der Waals surface area contributed by atoms with Crippen LogP contribution >= 0.6 is 0 Å². The van der Waals surface area contributed by atoms with Crippen molar-refractivity contribution in [1.82, 2.24) is 5.32 Å². The highest BCUT2D eigenvalue weighted by atomic mass is 16.5. The fourth-order valence-electron chi connectivity index (χ4n) is 5.67. The molecule has 1 N–H and O–H groups in total. The molecular weight excluding hydrogens is 310 g/mol. The smallest absolute Gasteiger partial charge is 0.258 e. The fourth-order valence-corrected chi connectivity index (χ4v) is 5.67. The third kappa shape index (κ3) is 3.56. The molecule has 1 aromatic carbocycles. The number of carbonyl (C=O) groups excluding carboxylic acids is 1. The Morgan fingerprint density at radius 3 is 2.24 bits per heavy atom. The van der Waals surface area contributed by atoms with Crippen molar-refractivity contribution in [3.8, 4) is 5.75 Å². The molecule has 3 heteroatoms. The molecule has 0 saturated heterocycles. The van der Waals surface area contributed by atoms with Crippen molar-refractivity contribution in [1.29, 1.82) is 0 Å². The van der Waals surface area contributed by atoms with Crippen LogP contribution in [0.3, 0.4) is 0 Å². The summed E-state index contributed by atoms with van der Waals surface area (Å²) >= 11 is 0. The second kappa shape index (κ2) is 7.01. The summed E-state index contributed by atoms with van der Waals surface area (Å²) in [5.41, 5.74) is 1.33. The Bertz CT molecular complexity index is 581. The molecule has 0 aliphatic heterocycles. The standard InChI is InChI=1S/C22H31NO2/c1-3-14(2)17-4-6-20(7-5-17)25-13-21(24)23-22-18-9-15-8-16(11-18)12-19(22)10-15/h4-7,14-16,18-19,22H,3,8-13H2,1-2H3,(H,23,24). The molecule has 4 bridgehead atoms. The van der Waals surface area contributed by atoms with Crippen molar-refractivity contribution in [2.45, 2.75) is 64.3 Å². The van der Waals surface area contributed by atoms with Crippen LogP contribution in [0.25, 0.3) is 0 Å². The van der Waals surface area contributed by atoms with Gasteiger partial charge in [0.25, 0.3) is 5.91 Å². The first kappa shape index (κ1) is 16.9. The van der Waals surface area contributed by atoms with Crippen molar-refractivity contribution < 1.29 is 9.53 Å². The molecule has 0 spiro atoms. The first-order valence-corrected chi connectivity index (χ1v) is 10.1. The maximum Gasteiger partial charge on any atom is 0.258 e. The van der Waals surface area contributed by atoms with E-state index in [1.807, 2.05) is 12.1 Å². The SMILES string of the molecule is CCC(C)c1ccc(OCC(=O)NC2C3CC4CC(C3)CC2C4)cc1. The molecule has 1 amide bonds. The van der Waals surface area contributed by atoms with E-state index < -0.39 is 0 Å². The lowest BCUT2D eigenvalue weighted by atomic mass is 9.54. The lowest BCUT2D eigenvalue weighted by molar-refractivity contribution is -0.127. The molecule has 4 saturated carbocycles.